The molecule has 0 amide bonds. The normalized spacial score (nSPS) is 16.7. The molecule has 0 N–H and O–H groups in total. The summed E-state index contributed by atoms with van der Waals surface area (Å²) in [6.45, 7) is 0. The Labute approximate surface area is 671 Å². The van der Waals surface area contributed by atoms with Gasteiger partial charge in [-0.05, 0) is 160 Å². The van der Waals surface area contributed by atoms with Gasteiger partial charge in [-0.15, -0.1) is 119 Å². The van der Waals surface area contributed by atoms with E-state index in [1.807, 2.05) is 110 Å². The molecule has 4 unspecified atom stereocenters. The standard InChI is InChI=1S/C102H74N6.2Rh/c1-6-26-91(86(21-1)69-37-47-74(48-38-69)98-33-13-17-57-103-98)79-61-80(92-27-7-2-22-87(92)70-39-49-75(50-40-70)99-34-14-18-58-104-99)63-81(62-79)95-30-10-5-25-90(95)73-45-55-78(56-46-73)102-107-67-85(68-108-102)97-32-12-11-31-96(97)84-65-82(93-28-8-3-23-88(93)71-41-51-76(52-42-71)100-35-15-19-59-105-100)64-83(66-84)94-29-9-4-24-89(94)72-43-53-77(54-44-72)101-36-16-20-60-106-101;;/h1-47,49,51,53,57-60,67-68,79-84H,61-66H2;;/q-6;2*+3. The van der Waals surface area contributed by atoms with Crippen molar-refractivity contribution in [3.8, 4) is 123 Å². The minimum absolute atomic E-state index is 0. The molecule has 5 heterocycles. The molecule has 11 aromatic carbocycles. The van der Waals surface area contributed by atoms with E-state index in [2.05, 4.69) is 287 Å². The summed E-state index contributed by atoms with van der Waals surface area (Å²) >= 11 is 0. The molecule has 110 heavy (non-hydrogen) atoms. The van der Waals surface area contributed by atoms with Gasteiger partial charge in [0.15, 0.2) is 0 Å². The molecule has 8 heteroatoms. The van der Waals surface area contributed by atoms with Gasteiger partial charge in [-0.25, -0.2) is 17.7 Å². The first-order chi connectivity index (χ1) is 53.5. The molecule has 6 nitrogen and oxygen atoms in total. The van der Waals surface area contributed by atoms with Crippen LogP contribution in [-0.4, -0.2) is 29.9 Å². The van der Waals surface area contributed by atoms with Gasteiger partial charge in [-0.2, -0.15) is 5.56 Å². The largest absolute Gasteiger partial charge is 3.00 e. The second-order valence-electron chi connectivity index (χ2n) is 28.6. The number of aromatic nitrogens is 6. The molecule has 0 bridgehead atoms. The molecule has 5 aromatic heterocycles. The molecule has 0 saturated heterocycles. The summed E-state index contributed by atoms with van der Waals surface area (Å²) in [5.74, 6) is 1.97. The molecule has 0 radical (unpaired) electrons. The Balaban J connectivity index is 0.00000460. The van der Waals surface area contributed by atoms with E-state index in [1.165, 1.54) is 61.2 Å². The Morgan fingerprint density at radius 2 is 0.436 bits per heavy atom. The van der Waals surface area contributed by atoms with Crippen molar-refractivity contribution < 1.29 is 39.0 Å². The zero-order valence-corrected chi connectivity index (χ0v) is 63.7. The van der Waals surface area contributed by atoms with Crippen LogP contribution in [0.1, 0.15) is 107 Å². The SMILES string of the molecule is [Rh+3].[Rh+3].[c-]1cc(-c2ccccc2C2CC(c3ccccc3-c3c[c-]c(-c4ccccn4)cc3)CC(c3ccccc3-c3c[c-]c(-c4ccccn4)cc3)C2)c[c-]c1-c1ncc(-c2ccccc2C2CC(c3ccccc3-c3c[c-]c(-c4ccccn4)cc3)CC(c3ccccc3-c3c[c-]c(-c4ccccn4)cc3)C2)cn1. The van der Waals surface area contributed by atoms with Gasteiger partial charge in [-0.1, -0.05) is 250 Å². The van der Waals surface area contributed by atoms with E-state index >= 15 is 0 Å². The summed E-state index contributed by atoms with van der Waals surface area (Å²) in [4.78, 5) is 28.8. The van der Waals surface area contributed by atoms with Gasteiger partial charge in [0, 0.05) is 42.7 Å². The van der Waals surface area contributed by atoms with Crippen LogP contribution in [0.5, 0.6) is 0 Å². The van der Waals surface area contributed by atoms with Crippen LogP contribution in [0.4, 0.5) is 0 Å². The minimum Gasteiger partial charge on any atom is -0.332 e. The van der Waals surface area contributed by atoms with Crippen LogP contribution in [0.2, 0.25) is 0 Å². The van der Waals surface area contributed by atoms with Crippen LogP contribution in [0, 0.1) is 36.4 Å². The van der Waals surface area contributed by atoms with Crippen molar-refractivity contribution in [1.29, 1.82) is 0 Å². The van der Waals surface area contributed by atoms with Gasteiger partial charge >= 0.3 is 39.0 Å². The first kappa shape index (κ1) is 72.5. The summed E-state index contributed by atoms with van der Waals surface area (Å²) in [7, 11) is 0. The molecule has 18 rings (SSSR count). The second-order valence-corrected chi connectivity index (χ2v) is 28.6. The minimum atomic E-state index is 0. The average Bonchev–Trinajstić information content (AvgIpc) is 0.771. The van der Waals surface area contributed by atoms with Gasteiger partial charge in [0.25, 0.3) is 0 Å². The molecule has 2 aliphatic carbocycles. The Kier molecular flexibility index (Phi) is 22.1. The van der Waals surface area contributed by atoms with Crippen LogP contribution >= 0.6 is 0 Å². The Morgan fingerprint density at radius 3 is 0.673 bits per heavy atom. The van der Waals surface area contributed by atoms with E-state index in [1.54, 1.807) is 0 Å². The Hall–Kier alpha value is -11.7. The average molecular weight is 1590 g/mol. The number of nitrogens with zero attached hydrogens (tertiary/aromatic N) is 6. The van der Waals surface area contributed by atoms with Crippen LogP contribution in [-0.2, 0) is 39.0 Å². The maximum absolute atomic E-state index is 5.14. The third-order valence-corrected chi connectivity index (χ3v) is 22.3. The summed E-state index contributed by atoms with van der Waals surface area (Å²) in [5, 5.41) is 0. The van der Waals surface area contributed by atoms with Gasteiger partial charge in [0.2, 0.25) is 0 Å². The zero-order chi connectivity index (χ0) is 72.0. The van der Waals surface area contributed by atoms with E-state index in [4.69, 9.17) is 9.97 Å². The second kappa shape index (κ2) is 33.5. The van der Waals surface area contributed by atoms with E-state index < -0.39 is 0 Å². The van der Waals surface area contributed by atoms with Crippen molar-refractivity contribution >= 4 is 0 Å². The number of rotatable bonds is 17. The van der Waals surface area contributed by atoms with Crippen LogP contribution in [0.25, 0.3) is 123 Å². The molecule has 0 spiro atoms. The van der Waals surface area contributed by atoms with Crippen LogP contribution in [0.3, 0.4) is 0 Å². The molecular weight excluding hydrogens is 1510 g/mol. The van der Waals surface area contributed by atoms with Gasteiger partial charge in [0.05, 0.1) is 0 Å². The first-order valence-electron chi connectivity index (χ1n) is 37.6. The summed E-state index contributed by atoms with van der Waals surface area (Å²) in [5.41, 5.74) is 30.3. The van der Waals surface area contributed by atoms with Crippen molar-refractivity contribution in [2.24, 2.45) is 0 Å². The molecule has 4 atom stereocenters. The van der Waals surface area contributed by atoms with Crippen molar-refractivity contribution in [2.75, 3.05) is 0 Å². The molecule has 0 aliphatic heterocycles. The fourth-order valence-corrected chi connectivity index (χ4v) is 17.2. The number of pyridine rings is 4. The van der Waals surface area contributed by atoms with Gasteiger partial charge < -0.3 is 29.9 Å². The predicted molar refractivity (Wildman–Crippen MR) is 436 cm³/mol. The quantitative estimate of drug-likeness (QED) is 0.0668. The smallest absolute Gasteiger partial charge is 0.332 e. The molecule has 2 fully saturated rings. The zero-order valence-electron chi connectivity index (χ0n) is 60.4. The third-order valence-electron chi connectivity index (χ3n) is 22.3. The van der Waals surface area contributed by atoms with Gasteiger partial charge in [-0.3, -0.25) is 12.1 Å². The Morgan fingerprint density at radius 1 is 0.209 bits per heavy atom. The summed E-state index contributed by atoms with van der Waals surface area (Å²) < 4.78 is 0. The third kappa shape index (κ3) is 15.4. The topological polar surface area (TPSA) is 77.3 Å². The van der Waals surface area contributed by atoms with E-state index in [-0.39, 0.29) is 74.5 Å². The number of hydrogen-bond acceptors (Lipinski definition) is 6. The number of hydrogen-bond donors (Lipinski definition) is 0. The van der Waals surface area contributed by atoms with Crippen molar-refractivity contribution in [3.05, 3.63) is 410 Å². The molecular formula is C102H74N6Rh2. The van der Waals surface area contributed by atoms with E-state index in [0.717, 1.165) is 128 Å². The van der Waals surface area contributed by atoms with Crippen molar-refractivity contribution in [3.63, 3.8) is 0 Å². The van der Waals surface area contributed by atoms with Crippen LogP contribution < -0.4 is 0 Å². The maximum Gasteiger partial charge on any atom is 3.00 e. The van der Waals surface area contributed by atoms with Crippen molar-refractivity contribution in [1.82, 2.24) is 29.9 Å². The van der Waals surface area contributed by atoms with Gasteiger partial charge in [0.1, 0.15) is 0 Å². The van der Waals surface area contributed by atoms with E-state index in [0.29, 0.717) is 5.82 Å². The fraction of sp³-hybridized carbons (Fsp3) is 0.118. The number of benzene rings is 11. The summed E-state index contributed by atoms with van der Waals surface area (Å²) in [6.07, 6.45) is 17.3. The summed E-state index contributed by atoms with van der Waals surface area (Å²) in [6, 6.07) is 130. The molecule has 2 saturated carbocycles. The predicted octanol–water partition coefficient (Wildman–Crippen LogP) is 24.9. The Bertz CT molecular complexity index is 5120. The molecule has 16 aromatic rings. The van der Waals surface area contributed by atoms with Crippen molar-refractivity contribution in [2.45, 2.75) is 74.0 Å². The van der Waals surface area contributed by atoms with E-state index in [9.17, 15) is 0 Å². The van der Waals surface area contributed by atoms with Crippen LogP contribution in [0.15, 0.2) is 340 Å². The molecule has 2 aliphatic rings. The monoisotopic (exact) mass is 1590 g/mol. The molecule has 530 valence electrons. The fourth-order valence-electron chi connectivity index (χ4n) is 17.2. The first-order valence-corrected chi connectivity index (χ1v) is 37.6. The maximum atomic E-state index is 5.14.